The molecular formula is C26H25N3O3S2. The number of aromatic nitrogens is 1. The highest BCUT2D eigenvalue weighted by Gasteiger charge is 2.29. The highest BCUT2D eigenvalue weighted by molar-refractivity contribution is 7.21. The number of rotatable bonds is 7. The number of nitrogens with zero attached hydrogens (tertiary/aromatic N) is 2. The molecular weight excluding hydrogens is 466 g/mol. The number of carboxylic acid groups (broad SMARTS) is 1. The third-order valence-electron chi connectivity index (χ3n) is 6.24. The fourth-order valence-electron chi connectivity index (χ4n) is 4.68. The Labute approximate surface area is 205 Å². The molecule has 1 fully saturated rings. The Morgan fingerprint density at radius 2 is 2.06 bits per heavy atom. The molecule has 0 saturated carbocycles. The summed E-state index contributed by atoms with van der Waals surface area (Å²) in [5, 5.41) is 16.8. The molecule has 6 nitrogen and oxygen atoms in total. The molecule has 174 valence electrons. The Morgan fingerprint density at radius 1 is 1.21 bits per heavy atom. The fourth-order valence-corrected chi connectivity index (χ4v) is 6.38. The molecule has 0 aliphatic carbocycles. The van der Waals surface area contributed by atoms with Crippen molar-refractivity contribution in [1.29, 1.82) is 0 Å². The number of carbonyl (C=O) groups is 2. The van der Waals surface area contributed by atoms with Gasteiger partial charge in [0.15, 0.2) is 0 Å². The van der Waals surface area contributed by atoms with E-state index < -0.39 is 5.97 Å². The van der Waals surface area contributed by atoms with Gasteiger partial charge in [0, 0.05) is 27.4 Å². The highest BCUT2D eigenvalue weighted by Crippen LogP contribution is 2.34. The molecule has 5 rings (SSSR count). The van der Waals surface area contributed by atoms with E-state index in [2.05, 4.69) is 15.2 Å². The first-order valence-electron chi connectivity index (χ1n) is 11.3. The maximum Gasteiger partial charge on any atom is 0.346 e. The maximum absolute atomic E-state index is 12.9. The normalized spacial score (nSPS) is 16.2. The molecule has 2 aromatic heterocycles. The van der Waals surface area contributed by atoms with Crippen LogP contribution < -0.4 is 5.32 Å². The van der Waals surface area contributed by atoms with Gasteiger partial charge in [-0.3, -0.25) is 9.69 Å². The van der Waals surface area contributed by atoms with Gasteiger partial charge >= 0.3 is 5.97 Å². The van der Waals surface area contributed by atoms with Crippen molar-refractivity contribution < 1.29 is 14.7 Å². The van der Waals surface area contributed by atoms with Gasteiger partial charge < -0.3 is 10.4 Å². The predicted octanol–water partition coefficient (Wildman–Crippen LogP) is 5.68. The Hall–Kier alpha value is -3.07. The van der Waals surface area contributed by atoms with Crippen molar-refractivity contribution in [3.05, 3.63) is 69.4 Å². The molecule has 1 atom stereocenters. The maximum atomic E-state index is 12.9. The van der Waals surface area contributed by atoms with Gasteiger partial charge in [-0.2, -0.15) is 0 Å². The van der Waals surface area contributed by atoms with E-state index in [0.717, 1.165) is 57.0 Å². The summed E-state index contributed by atoms with van der Waals surface area (Å²) in [6.07, 6.45) is 2.59. The molecule has 4 aromatic rings. The zero-order valence-electron chi connectivity index (χ0n) is 18.8. The SMILES string of the molecule is Cc1nc(-c2cccc(NC(=O)CN3CCC[C@H]3Cc3c(C(=O)O)sc4ccccc34)c2)cs1. The van der Waals surface area contributed by atoms with Crippen molar-refractivity contribution in [1.82, 2.24) is 9.88 Å². The monoisotopic (exact) mass is 491 g/mol. The first-order valence-corrected chi connectivity index (χ1v) is 13.0. The number of fused-ring (bicyclic) bond motifs is 1. The van der Waals surface area contributed by atoms with Crippen molar-refractivity contribution in [2.24, 2.45) is 0 Å². The molecule has 0 unspecified atom stereocenters. The van der Waals surface area contributed by atoms with Crippen LogP contribution in [0.2, 0.25) is 0 Å². The lowest BCUT2D eigenvalue weighted by atomic mass is 10.0. The Balaban J connectivity index is 1.28. The molecule has 0 radical (unpaired) electrons. The largest absolute Gasteiger partial charge is 0.477 e. The number of thiophene rings is 1. The number of thiazole rings is 1. The zero-order valence-corrected chi connectivity index (χ0v) is 20.4. The van der Waals surface area contributed by atoms with Gasteiger partial charge in [0.25, 0.3) is 0 Å². The third-order valence-corrected chi connectivity index (χ3v) is 8.21. The lowest BCUT2D eigenvalue weighted by Crippen LogP contribution is -2.38. The number of hydrogen-bond donors (Lipinski definition) is 2. The van der Waals surface area contributed by atoms with Crippen molar-refractivity contribution in [2.45, 2.75) is 32.2 Å². The second kappa shape index (κ2) is 9.66. The Morgan fingerprint density at radius 3 is 2.85 bits per heavy atom. The molecule has 2 N–H and O–H groups in total. The lowest BCUT2D eigenvalue weighted by Gasteiger charge is -2.24. The molecule has 1 amide bonds. The standard InChI is InChI=1S/C26H25N3O3S2/c1-16-27-22(15-33-16)17-6-4-7-18(12-17)28-24(30)14-29-11-5-8-19(29)13-21-20-9-2-3-10-23(20)34-25(21)26(31)32/h2-4,6-7,9-10,12,15,19H,5,8,11,13-14H2,1H3,(H,28,30)(H,31,32)/t19-/m0/s1. The molecule has 1 aliphatic heterocycles. The van der Waals surface area contributed by atoms with Gasteiger partial charge in [-0.25, -0.2) is 9.78 Å². The minimum Gasteiger partial charge on any atom is -0.477 e. The van der Waals surface area contributed by atoms with Crippen LogP contribution in [-0.4, -0.2) is 46.0 Å². The second-order valence-electron chi connectivity index (χ2n) is 8.56. The molecule has 0 bridgehead atoms. The summed E-state index contributed by atoms with van der Waals surface area (Å²) >= 11 is 2.94. The van der Waals surface area contributed by atoms with Crippen LogP contribution in [0.15, 0.2) is 53.9 Å². The van der Waals surface area contributed by atoms with E-state index in [4.69, 9.17) is 0 Å². The summed E-state index contributed by atoms with van der Waals surface area (Å²) in [5.41, 5.74) is 3.53. The molecule has 2 aromatic carbocycles. The van der Waals surface area contributed by atoms with E-state index in [1.54, 1.807) is 11.3 Å². The van der Waals surface area contributed by atoms with Crippen molar-refractivity contribution in [3.63, 3.8) is 0 Å². The summed E-state index contributed by atoms with van der Waals surface area (Å²) in [5.74, 6) is -0.944. The molecule has 3 heterocycles. The van der Waals surface area contributed by atoms with E-state index in [0.29, 0.717) is 11.3 Å². The molecule has 0 spiro atoms. The van der Waals surface area contributed by atoms with Crippen LogP contribution in [0.25, 0.3) is 21.3 Å². The number of benzene rings is 2. The van der Waals surface area contributed by atoms with Crippen molar-refractivity contribution in [2.75, 3.05) is 18.4 Å². The van der Waals surface area contributed by atoms with Gasteiger partial charge in [0.1, 0.15) is 4.88 Å². The van der Waals surface area contributed by atoms with Crippen LogP contribution in [0.4, 0.5) is 5.69 Å². The average Bonchev–Trinajstić information content (AvgIpc) is 3.54. The van der Waals surface area contributed by atoms with Crippen molar-refractivity contribution >= 4 is 50.3 Å². The first-order chi connectivity index (χ1) is 16.5. The van der Waals surface area contributed by atoms with Crippen LogP contribution in [0.3, 0.4) is 0 Å². The highest BCUT2D eigenvalue weighted by atomic mass is 32.1. The zero-order chi connectivity index (χ0) is 23.7. The van der Waals surface area contributed by atoms with E-state index in [-0.39, 0.29) is 18.5 Å². The molecule has 34 heavy (non-hydrogen) atoms. The fraction of sp³-hybridized carbons (Fsp3) is 0.269. The number of hydrogen-bond acceptors (Lipinski definition) is 6. The van der Waals surface area contributed by atoms with Gasteiger partial charge in [-0.1, -0.05) is 30.3 Å². The number of likely N-dealkylation sites (tertiary alicyclic amines) is 1. The van der Waals surface area contributed by atoms with E-state index in [1.165, 1.54) is 11.3 Å². The van der Waals surface area contributed by atoms with Crippen molar-refractivity contribution in [3.8, 4) is 11.3 Å². The number of carbonyl (C=O) groups excluding carboxylic acids is 1. The average molecular weight is 492 g/mol. The van der Waals surface area contributed by atoms with Crippen LogP contribution in [-0.2, 0) is 11.2 Å². The van der Waals surface area contributed by atoms with Crippen LogP contribution in [0.1, 0.15) is 33.1 Å². The molecule has 1 aliphatic rings. The lowest BCUT2D eigenvalue weighted by molar-refractivity contribution is -0.117. The van der Waals surface area contributed by atoms with Crippen LogP contribution in [0, 0.1) is 6.92 Å². The predicted molar refractivity (Wildman–Crippen MR) is 138 cm³/mol. The van der Waals surface area contributed by atoms with E-state index in [9.17, 15) is 14.7 Å². The van der Waals surface area contributed by atoms with E-state index >= 15 is 0 Å². The van der Waals surface area contributed by atoms with Gasteiger partial charge in [0.05, 0.1) is 17.2 Å². The summed E-state index contributed by atoms with van der Waals surface area (Å²) < 4.78 is 0.993. The minimum absolute atomic E-state index is 0.0628. The molecule has 8 heteroatoms. The van der Waals surface area contributed by atoms with E-state index in [1.807, 2.05) is 60.8 Å². The number of aryl methyl sites for hydroxylation is 1. The first kappa shape index (κ1) is 22.7. The number of aromatic carboxylic acids is 1. The summed E-state index contributed by atoms with van der Waals surface area (Å²) in [4.78, 5) is 31.9. The number of anilines is 1. The number of nitrogens with one attached hydrogen (secondary N) is 1. The summed E-state index contributed by atoms with van der Waals surface area (Å²) in [6.45, 7) is 3.10. The smallest absolute Gasteiger partial charge is 0.346 e. The number of carboxylic acids is 1. The van der Waals surface area contributed by atoms with Crippen LogP contribution >= 0.6 is 22.7 Å². The Bertz CT molecular complexity index is 1360. The van der Waals surface area contributed by atoms with Gasteiger partial charge in [0.2, 0.25) is 5.91 Å². The molecule has 1 saturated heterocycles. The second-order valence-corrected chi connectivity index (χ2v) is 10.7. The summed E-state index contributed by atoms with van der Waals surface area (Å²) in [7, 11) is 0. The topological polar surface area (TPSA) is 82.5 Å². The number of amides is 1. The summed E-state index contributed by atoms with van der Waals surface area (Å²) in [6, 6.07) is 15.7. The third kappa shape index (κ3) is 4.75. The Kier molecular flexibility index (Phi) is 6.45. The van der Waals surface area contributed by atoms with Gasteiger partial charge in [-0.05, 0) is 61.9 Å². The minimum atomic E-state index is -0.881. The van der Waals surface area contributed by atoms with Gasteiger partial charge in [-0.15, -0.1) is 22.7 Å². The van der Waals surface area contributed by atoms with Crippen LogP contribution in [0.5, 0.6) is 0 Å². The quantitative estimate of drug-likeness (QED) is 0.348.